The molecule has 9 heteroatoms. The molecule has 0 fully saturated rings. The summed E-state index contributed by atoms with van der Waals surface area (Å²) in [5.74, 6) is -1.30. The van der Waals surface area contributed by atoms with Crippen molar-refractivity contribution in [3.63, 3.8) is 0 Å². The minimum absolute atomic E-state index is 0.107. The van der Waals surface area contributed by atoms with Crippen molar-refractivity contribution in [2.75, 3.05) is 5.32 Å². The van der Waals surface area contributed by atoms with Crippen LogP contribution >= 0.6 is 11.6 Å². The fourth-order valence-corrected chi connectivity index (χ4v) is 2.64. The van der Waals surface area contributed by atoms with Crippen molar-refractivity contribution in [1.29, 1.82) is 0 Å². The SMILES string of the molecule is O=Cc1cnc2c(c1)-n1ncc(Cl)c1N=C(c1c(F)cccc1F)N2. The first-order valence-corrected chi connectivity index (χ1v) is 7.45. The Balaban J connectivity index is 2.00. The van der Waals surface area contributed by atoms with Gasteiger partial charge >= 0.3 is 0 Å². The highest BCUT2D eigenvalue weighted by Crippen LogP contribution is 2.34. The van der Waals surface area contributed by atoms with Crippen LogP contribution in [-0.2, 0) is 0 Å². The van der Waals surface area contributed by atoms with Gasteiger partial charge in [-0.2, -0.15) is 5.10 Å². The number of amidine groups is 1. The van der Waals surface area contributed by atoms with Crippen molar-refractivity contribution < 1.29 is 13.6 Å². The van der Waals surface area contributed by atoms with E-state index < -0.39 is 11.6 Å². The van der Waals surface area contributed by atoms with Crippen LogP contribution in [0.1, 0.15) is 15.9 Å². The molecule has 25 heavy (non-hydrogen) atoms. The zero-order valence-corrected chi connectivity index (χ0v) is 13.1. The summed E-state index contributed by atoms with van der Waals surface area (Å²) in [4.78, 5) is 19.4. The van der Waals surface area contributed by atoms with E-state index in [1.165, 1.54) is 29.2 Å². The van der Waals surface area contributed by atoms with Crippen LogP contribution in [0.15, 0.2) is 41.7 Å². The third-order valence-corrected chi connectivity index (χ3v) is 3.87. The van der Waals surface area contributed by atoms with Crippen molar-refractivity contribution in [3.8, 4) is 5.69 Å². The number of carbonyl (C=O) groups excluding carboxylic acids is 1. The second kappa shape index (κ2) is 5.75. The van der Waals surface area contributed by atoms with Crippen LogP contribution in [0.4, 0.5) is 20.4 Å². The summed E-state index contributed by atoms with van der Waals surface area (Å²) >= 11 is 6.11. The predicted molar refractivity (Wildman–Crippen MR) is 87.9 cm³/mol. The number of nitrogens with zero attached hydrogens (tertiary/aromatic N) is 4. The van der Waals surface area contributed by atoms with Gasteiger partial charge in [0.1, 0.15) is 28.2 Å². The number of halogens is 3. The van der Waals surface area contributed by atoms with Crippen LogP contribution in [0.5, 0.6) is 0 Å². The summed E-state index contributed by atoms with van der Waals surface area (Å²) in [5.41, 5.74) is 0.334. The third kappa shape index (κ3) is 2.47. The van der Waals surface area contributed by atoms with Crippen molar-refractivity contribution in [2.45, 2.75) is 0 Å². The molecule has 0 aliphatic carbocycles. The number of anilines is 1. The molecule has 0 bridgehead atoms. The van der Waals surface area contributed by atoms with Crippen LogP contribution in [0.3, 0.4) is 0 Å². The maximum absolute atomic E-state index is 14.2. The molecule has 0 radical (unpaired) electrons. The monoisotopic (exact) mass is 359 g/mol. The number of carbonyl (C=O) groups is 1. The fourth-order valence-electron chi connectivity index (χ4n) is 2.48. The van der Waals surface area contributed by atoms with Gasteiger partial charge in [0.15, 0.2) is 17.9 Å². The van der Waals surface area contributed by atoms with Gasteiger partial charge in [0.25, 0.3) is 0 Å². The van der Waals surface area contributed by atoms with Crippen LogP contribution in [0, 0.1) is 11.6 Å². The molecule has 1 N–H and O–H groups in total. The van der Waals surface area contributed by atoms with Crippen molar-refractivity contribution in [1.82, 2.24) is 14.8 Å². The standard InChI is InChI=1S/C16H8ClF2N5O/c17-9-6-21-24-12-4-8(7-25)5-20-14(12)22-15(23-16(9)24)13-10(18)2-1-3-11(13)19/h1-7H,(H,20,22,23). The molecule has 3 aromatic rings. The highest BCUT2D eigenvalue weighted by atomic mass is 35.5. The van der Waals surface area contributed by atoms with Gasteiger partial charge in [-0.3, -0.25) is 4.79 Å². The number of nitrogens with one attached hydrogen (secondary N) is 1. The first-order chi connectivity index (χ1) is 12.1. The van der Waals surface area contributed by atoms with Crippen molar-refractivity contribution >= 4 is 35.4 Å². The highest BCUT2D eigenvalue weighted by molar-refractivity contribution is 6.33. The van der Waals surface area contributed by atoms with E-state index in [4.69, 9.17) is 11.6 Å². The Labute approximate surface area is 144 Å². The molecule has 6 nitrogen and oxygen atoms in total. The summed E-state index contributed by atoms with van der Waals surface area (Å²) in [6, 6.07) is 5.02. The average molecular weight is 360 g/mol. The van der Waals surface area contributed by atoms with Crippen LogP contribution in [0.2, 0.25) is 5.02 Å². The number of pyridine rings is 1. The Morgan fingerprint density at radius 2 is 1.96 bits per heavy atom. The zero-order valence-electron chi connectivity index (χ0n) is 12.4. The molecule has 0 unspecified atom stereocenters. The lowest BCUT2D eigenvalue weighted by Crippen LogP contribution is -2.18. The van der Waals surface area contributed by atoms with Gasteiger partial charge in [0.2, 0.25) is 0 Å². The van der Waals surface area contributed by atoms with Gasteiger partial charge in [-0.05, 0) is 18.2 Å². The number of hydrogen-bond acceptors (Lipinski definition) is 5. The van der Waals surface area contributed by atoms with E-state index in [1.54, 1.807) is 0 Å². The third-order valence-electron chi connectivity index (χ3n) is 3.61. The lowest BCUT2D eigenvalue weighted by atomic mass is 10.1. The number of hydrogen-bond donors (Lipinski definition) is 1. The van der Waals surface area contributed by atoms with Crippen LogP contribution in [0.25, 0.3) is 5.69 Å². The van der Waals surface area contributed by atoms with E-state index in [2.05, 4.69) is 20.4 Å². The number of fused-ring (bicyclic) bond motifs is 3. The summed E-state index contributed by atoms with van der Waals surface area (Å²) < 4.78 is 29.7. The van der Waals surface area contributed by atoms with E-state index in [-0.39, 0.29) is 28.1 Å². The second-order valence-corrected chi connectivity index (χ2v) is 5.57. The topological polar surface area (TPSA) is 72.2 Å². The Bertz CT molecular complexity index is 1030. The minimum atomic E-state index is -0.790. The summed E-state index contributed by atoms with van der Waals surface area (Å²) in [6.07, 6.45) is 3.30. The number of benzene rings is 1. The number of aromatic nitrogens is 3. The van der Waals surface area contributed by atoms with Gasteiger partial charge < -0.3 is 5.32 Å². The fraction of sp³-hybridized carbons (Fsp3) is 0. The predicted octanol–water partition coefficient (Wildman–Crippen LogP) is 3.52. The molecule has 124 valence electrons. The van der Waals surface area contributed by atoms with Crippen molar-refractivity contribution in [2.24, 2.45) is 4.99 Å². The average Bonchev–Trinajstić information content (AvgIpc) is 2.87. The molecule has 0 amide bonds. The molecular formula is C16H8ClF2N5O. The summed E-state index contributed by atoms with van der Waals surface area (Å²) in [7, 11) is 0. The Morgan fingerprint density at radius 1 is 1.20 bits per heavy atom. The van der Waals surface area contributed by atoms with Gasteiger partial charge in [-0.15, -0.1) is 0 Å². The molecule has 2 aromatic heterocycles. The molecule has 1 aliphatic heterocycles. The van der Waals surface area contributed by atoms with E-state index in [1.807, 2.05) is 0 Å². The molecule has 1 aliphatic rings. The molecule has 3 heterocycles. The van der Waals surface area contributed by atoms with Gasteiger partial charge in [-0.25, -0.2) is 23.4 Å². The van der Waals surface area contributed by atoms with Crippen molar-refractivity contribution in [3.05, 3.63) is 64.4 Å². The maximum Gasteiger partial charge on any atom is 0.176 e. The van der Waals surface area contributed by atoms with E-state index in [0.717, 1.165) is 12.1 Å². The molecule has 0 spiro atoms. The Hall–Kier alpha value is -3.13. The quantitative estimate of drug-likeness (QED) is 0.711. The smallest absolute Gasteiger partial charge is 0.176 e. The lowest BCUT2D eigenvalue weighted by Gasteiger charge is -2.11. The summed E-state index contributed by atoms with van der Waals surface area (Å²) in [6.45, 7) is 0. The molecule has 0 saturated carbocycles. The molecular weight excluding hydrogens is 352 g/mol. The Kier molecular flexibility index (Phi) is 3.54. The van der Waals surface area contributed by atoms with Crippen LogP contribution in [-0.4, -0.2) is 26.9 Å². The molecule has 0 atom stereocenters. The van der Waals surface area contributed by atoms with Gasteiger partial charge in [0, 0.05) is 11.8 Å². The zero-order chi connectivity index (χ0) is 17.6. The maximum atomic E-state index is 14.2. The number of rotatable bonds is 2. The number of aliphatic imine (C=N–C) groups is 1. The number of aldehydes is 1. The lowest BCUT2D eigenvalue weighted by molar-refractivity contribution is 0.112. The minimum Gasteiger partial charge on any atom is -0.322 e. The summed E-state index contributed by atoms with van der Waals surface area (Å²) in [5, 5.41) is 7.07. The van der Waals surface area contributed by atoms with Gasteiger partial charge in [-0.1, -0.05) is 17.7 Å². The normalized spacial score (nSPS) is 12.5. The van der Waals surface area contributed by atoms with E-state index >= 15 is 0 Å². The first kappa shape index (κ1) is 15.4. The van der Waals surface area contributed by atoms with Gasteiger partial charge in [0.05, 0.1) is 11.8 Å². The second-order valence-electron chi connectivity index (χ2n) is 5.16. The molecule has 0 saturated heterocycles. The van der Waals surface area contributed by atoms with E-state index in [0.29, 0.717) is 17.5 Å². The van der Waals surface area contributed by atoms with E-state index in [9.17, 15) is 13.6 Å². The Morgan fingerprint density at radius 3 is 2.68 bits per heavy atom. The molecule has 1 aromatic carbocycles. The first-order valence-electron chi connectivity index (χ1n) is 7.07. The van der Waals surface area contributed by atoms with Crippen LogP contribution < -0.4 is 5.32 Å². The largest absolute Gasteiger partial charge is 0.322 e. The highest BCUT2D eigenvalue weighted by Gasteiger charge is 2.24. The molecule has 4 rings (SSSR count).